The molecule has 0 aliphatic carbocycles. The van der Waals surface area contributed by atoms with Gasteiger partial charge in [-0.25, -0.2) is 4.79 Å². The predicted octanol–water partition coefficient (Wildman–Crippen LogP) is 2.69. The number of rotatable bonds is 6. The van der Waals surface area contributed by atoms with Crippen LogP contribution in [0.5, 0.6) is 0 Å². The predicted molar refractivity (Wildman–Crippen MR) is 83.5 cm³/mol. The topological polar surface area (TPSA) is 72.8 Å². The van der Waals surface area contributed by atoms with Crippen molar-refractivity contribution in [3.8, 4) is 0 Å². The van der Waals surface area contributed by atoms with Crippen molar-refractivity contribution in [1.82, 2.24) is 0 Å². The number of benzene rings is 1. The van der Waals surface area contributed by atoms with E-state index in [0.717, 1.165) is 6.42 Å². The van der Waals surface area contributed by atoms with E-state index in [-0.39, 0.29) is 24.1 Å². The fourth-order valence-electron chi connectivity index (χ4n) is 1.71. The van der Waals surface area contributed by atoms with E-state index >= 15 is 0 Å². The fraction of sp³-hybridized carbons (Fsp3) is 0.471. The van der Waals surface area contributed by atoms with Crippen LogP contribution in [0.1, 0.15) is 33.3 Å². The van der Waals surface area contributed by atoms with Crippen molar-refractivity contribution >= 4 is 17.8 Å². The first kappa shape index (κ1) is 19.7. The molecule has 0 spiro atoms. The van der Waals surface area contributed by atoms with Crippen LogP contribution < -0.4 is 0 Å². The molecule has 0 heterocycles. The summed E-state index contributed by atoms with van der Waals surface area (Å²) in [6, 6.07) is 10.1. The van der Waals surface area contributed by atoms with Gasteiger partial charge in [-0.1, -0.05) is 44.2 Å². The van der Waals surface area contributed by atoms with Gasteiger partial charge in [-0.05, 0) is 25.8 Å². The lowest BCUT2D eigenvalue weighted by atomic mass is 10.1. The zero-order valence-corrected chi connectivity index (χ0v) is 13.5. The monoisotopic (exact) mass is 305 g/mol. The number of aliphatic imine (C=N–C) groups is 1. The van der Waals surface area contributed by atoms with Crippen molar-refractivity contribution in [1.29, 1.82) is 0 Å². The zero-order valence-electron chi connectivity index (χ0n) is 13.5. The smallest absolute Gasteiger partial charge is 0.373 e. The van der Waals surface area contributed by atoms with Gasteiger partial charge in [0.15, 0.2) is 0 Å². The third-order valence-corrected chi connectivity index (χ3v) is 2.62. The molecule has 0 fully saturated rings. The summed E-state index contributed by atoms with van der Waals surface area (Å²) in [6.07, 6.45) is 0.983. The molecule has 0 N–H and O–H groups in total. The molecule has 0 aliphatic heterocycles. The Balaban J connectivity index is 0.00000135. The molecule has 120 valence electrons. The fourth-order valence-corrected chi connectivity index (χ4v) is 1.71. The number of carbonyl (C=O) groups excluding carboxylic acids is 3. The van der Waals surface area contributed by atoms with Gasteiger partial charge < -0.3 is 4.74 Å². The van der Waals surface area contributed by atoms with E-state index in [9.17, 15) is 4.79 Å². The van der Waals surface area contributed by atoms with Gasteiger partial charge in [-0.2, -0.15) is 9.59 Å². The molecule has 0 aliphatic rings. The molecular formula is C17H23NO4. The lowest BCUT2D eigenvalue weighted by Gasteiger charge is -2.12. The third kappa shape index (κ3) is 8.82. The maximum Gasteiger partial charge on any atom is 0.373 e. The second-order valence-corrected chi connectivity index (χ2v) is 5.19. The van der Waals surface area contributed by atoms with Crippen molar-refractivity contribution in [2.45, 2.75) is 40.2 Å². The van der Waals surface area contributed by atoms with Gasteiger partial charge in [0, 0.05) is 12.5 Å². The number of nitrogens with zero attached hydrogens (tertiary/aromatic N) is 1. The van der Waals surface area contributed by atoms with Gasteiger partial charge in [0.05, 0.1) is 6.10 Å². The first-order chi connectivity index (χ1) is 10.4. The van der Waals surface area contributed by atoms with Crippen molar-refractivity contribution < 1.29 is 19.1 Å². The van der Waals surface area contributed by atoms with Crippen LogP contribution >= 0.6 is 0 Å². The summed E-state index contributed by atoms with van der Waals surface area (Å²) in [5.74, 6) is -0.208. The maximum atomic E-state index is 11.9. The molecule has 1 aromatic carbocycles. The maximum absolute atomic E-state index is 11.9. The summed E-state index contributed by atoms with van der Waals surface area (Å²) >= 11 is 0. The van der Waals surface area contributed by atoms with Crippen LogP contribution in [0, 0.1) is 5.92 Å². The van der Waals surface area contributed by atoms with Gasteiger partial charge in [-0.3, -0.25) is 4.99 Å². The lowest BCUT2D eigenvalue weighted by Crippen LogP contribution is -2.26. The summed E-state index contributed by atoms with van der Waals surface area (Å²) < 4.78 is 5.21. The Morgan fingerprint density at radius 1 is 1.14 bits per heavy atom. The summed E-state index contributed by atoms with van der Waals surface area (Å²) in [5.41, 5.74) is 1.76. The third-order valence-electron chi connectivity index (χ3n) is 2.62. The second-order valence-electron chi connectivity index (χ2n) is 5.19. The quantitative estimate of drug-likeness (QED) is 0.598. The highest BCUT2D eigenvalue weighted by molar-refractivity contribution is 6.37. The minimum atomic E-state index is -0.293. The van der Waals surface area contributed by atoms with Crippen molar-refractivity contribution in [2.75, 3.05) is 6.54 Å². The van der Waals surface area contributed by atoms with Gasteiger partial charge in [-0.15, -0.1) is 0 Å². The Morgan fingerprint density at radius 3 is 2.14 bits per heavy atom. The molecule has 1 rings (SSSR count). The summed E-state index contributed by atoms with van der Waals surface area (Å²) in [5, 5.41) is 0. The molecule has 0 unspecified atom stereocenters. The number of ether oxygens (including phenoxy) is 1. The first-order valence-electron chi connectivity index (χ1n) is 7.20. The molecule has 0 amide bonds. The van der Waals surface area contributed by atoms with Crippen LogP contribution in [0.4, 0.5) is 0 Å². The highest BCUT2D eigenvalue weighted by Gasteiger charge is 2.17. The molecule has 5 heteroatoms. The Hall–Kier alpha value is -2.26. The molecule has 0 saturated heterocycles. The number of esters is 1. The van der Waals surface area contributed by atoms with Gasteiger partial charge in [0.25, 0.3) is 0 Å². The Bertz CT molecular complexity index is 501. The van der Waals surface area contributed by atoms with Crippen molar-refractivity contribution in [3.63, 3.8) is 0 Å². The van der Waals surface area contributed by atoms with Gasteiger partial charge >= 0.3 is 12.1 Å². The number of hydrogen-bond donors (Lipinski definition) is 0. The molecule has 0 radical (unpaired) electrons. The van der Waals surface area contributed by atoms with Crippen LogP contribution in [0.2, 0.25) is 0 Å². The van der Waals surface area contributed by atoms with E-state index in [1.54, 1.807) is 0 Å². The Labute approximate surface area is 131 Å². The Kier molecular flexibility index (Phi) is 10.2. The zero-order chi connectivity index (χ0) is 17.0. The molecular weight excluding hydrogens is 282 g/mol. The molecule has 1 aromatic rings. The molecule has 22 heavy (non-hydrogen) atoms. The summed E-state index contributed by atoms with van der Waals surface area (Å²) in [6.45, 7) is 8.23. The Morgan fingerprint density at radius 2 is 1.68 bits per heavy atom. The van der Waals surface area contributed by atoms with Gasteiger partial charge in [0.1, 0.15) is 5.71 Å². The van der Waals surface area contributed by atoms with E-state index in [4.69, 9.17) is 14.3 Å². The number of hydrogen-bond acceptors (Lipinski definition) is 5. The van der Waals surface area contributed by atoms with E-state index in [0.29, 0.717) is 12.3 Å². The van der Waals surface area contributed by atoms with Crippen LogP contribution in [0.3, 0.4) is 0 Å². The van der Waals surface area contributed by atoms with E-state index < -0.39 is 0 Å². The first-order valence-corrected chi connectivity index (χ1v) is 7.20. The average molecular weight is 305 g/mol. The summed E-state index contributed by atoms with van der Waals surface area (Å²) in [4.78, 5) is 32.5. The van der Waals surface area contributed by atoms with Crippen LogP contribution in [-0.2, 0) is 25.5 Å². The molecule has 0 saturated carbocycles. The molecule has 0 aromatic heterocycles. The van der Waals surface area contributed by atoms with E-state index in [1.807, 2.05) is 45.9 Å². The van der Waals surface area contributed by atoms with Crippen LogP contribution in [0.25, 0.3) is 0 Å². The van der Waals surface area contributed by atoms with E-state index in [1.165, 1.54) is 5.56 Å². The largest absolute Gasteiger partial charge is 0.458 e. The van der Waals surface area contributed by atoms with Crippen LogP contribution in [-0.4, -0.2) is 30.5 Å². The standard InChI is InChI=1S/C16H23NO2.CO2/c1-12(2)15(16(18)19-13(3)4)17-11-10-14-8-6-5-7-9-14;2-1-3/h5-9,12-13H,10-11H2,1-4H3;. The van der Waals surface area contributed by atoms with E-state index in [2.05, 4.69) is 17.1 Å². The molecule has 5 nitrogen and oxygen atoms in total. The highest BCUT2D eigenvalue weighted by Crippen LogP contribution is 2.05. The minimum Gasteiger partial charge on any atom is -0.458 e. The van der Waals surface area contributed by atoms with Crippen molar-refractivity contribution in [2.24, 2.45) is 10.9 Å². The van der Waals surface area contributed by atoms with Crippen LogP contribution in [0.15, 0.2) is 35.3 Å². The SMILES string of the molecule is CC(C)OC(=O)C(=NCCc1ccccc1)C(C)C.O=C=O. The molecule has 0 bridgehead atoms. The lowest BCUT2D eigenvalue weighted by molar-refractivity contribution is -0.191. The van der Waals surface area contributed by atoms with Gasteiger partial charge in [0.2, 0.25) is 0 Å². The second kappa shape index (κ2) is 11.4. The molecule has 0 atom stereocenters. The minimum absolute atomic E-state index is 0.0852. The normalized spacial score (nSPS) is 10.7. The van der Waals surface area contributed by atoms with Crippen molar-refractivity contribution in [3.05, 3.63) is 35.9 Å². The number of carbonyl (C=O) groups is 1. The average Bonchev–Trinajstić information content (AvgIpc) is 2.44. The summed E-state index contributed by atoms with van der Waals surface area (Å²) in [7, 11) is 0. The highest BCUT2D eigenvalue weighted by atomic mass is 16.5.